The summed E-state index contributed by atoms with van der Waals surface area (Å²) in [5.74, 6) is 0.357. The molecule has 1 unspecified atom stereocenters. The first-order valence-electron chi connectivity index (χ1n) is 6.98. The average molecular weight is 297 g/mol. The highest BCUT2D eigenvalue weighted by Crippen LogP contribution is 2.23. The highest BCUT2D eigenvalue weighted by molar-refractivity contribution is 6.32. The monoisotopic (exact) mass is 296 g/mol. The topological polar surface area (TPSA) is 52.6 Å². The van der Waals surface area contributed by atoms with Crippen LogP contribution in [0.1, 0.15) is 30.6 Å². The highest BCUT2D eigenvalue weighted by Gasteiger charge is 2.24. The number of nitrogens with one attached hydrogen (secondary N) is 1. The van der Waals surface area contributed by atoms with Crippen LogP contribution in [0.25, 0.3) is 0 Å². The van der Waals surface area contributed by atoms with E-state index in [1.807, 2.05) is 0 Å². The molecule has 1 amide bonds. The molecule has 1 aromatic carbocycles. The minimum absolute atomic E-state index is 0.00779. The molecule has 1 fully saturated rings. The first-order chi connectivity index (χ1) is 9.47. The summed E-state index contributed by atoms with van der Waals surface area (Å²) >= 11 is 5.80. The number of hydrogen-bond donors (Lipinski definition) is 2. The minimum atomic E-state index is -0.144. The van der Waals surface area contributed by atoms with Crippen LogP contribution in [0, 0.1) is 5.92 Å². The smallest absolute Gasteiger partial charge is 0.251 e. The Bertz CT molecular complexity index is 491. The number of carbonyl (C=O) groups is 1. The minimum Gasteiger partial charge on any atom is -0.506 e. The number of phenolic OH excluding ortho intramolecular Hbond substituents is 1. The first-order valence-corrected chi connectivity index (χ1v) is 7.36. The van der Waals surface area contributed by atoms with Crippen LogP contribution in [0.4, 0.5) is 0 Å². The van der Waals surface area contributed by atoms with Crippen molar-refractivity contribution in [2.45, 2.75) is 26.3 Å². The largest absolute Gasteiger partial charge is 0.506 e. The zero-order valence-electron chi connectivity index (χ0n) is 11.9. The number of amides is 1. The molecule has 0 saturated carbocycles. The number of carbonyl (C=O) groups excluding carboxylic acids is 1. The third-order valence-electron chi connectivity index (χ3n) is 3.81. The van der Waals surface area contributed by atoms with Crippen LogP contribution in [0.5, 0.6) is 5.75 Å². The van der Waals surface area contributed by atoms with E-state index in [0.717, 1.165) is 19.5 Å². The van der Waals surface area contributed by atoms with Gasteiger partial charge in [0.2, 0.25) is 0 Å². The Labute approximate surface area is 124 Å². The molecule has 1 atom stereocenters. The summed E-state index contributed by atoms with van der Waals surface area (Å²) in [5.41, 5.74) is 0.478. The molecule has 20 heavy (non-hydrogen) atoms. The van der Waals surface area contributed by atoms with E-state index < -0.39 is 0 Å². The fourth-order valence-electron chi connectivity index (χ4n) is 2.49. The zero-order chi connectivity index (χ0) is 14.7. The molecular weight excluding hydrogens is 276 g/mol. The summed E-state index contributed by atoms with van der Waals surface area (Å²) < 4.78 is 0. The Morgan fingerprint density at radius 3 is 2.90 bits per heavy atom. The Morgan fingerprint density at radius 1 is 1.55 bits per heavy atom. The standard InChI is InChI=1S/C15H21ClN2O2/c1-10(2)18-6-5-11(9-18)8-17-15(20)12-3-4-14(19)13(16)7-12/h3-4,7,10-11,19H,5-6,8-9H2,1-2H3,(H,17,20). The molecule has 2 N–H and O–H groups in total. The first kappa shape index (κ1) is 15.1. The fourth-order valence-corrected chi connectivity index (χ4v) is 2.67. The van der Waals surface area contributed by atoms with Crippen LogP contribution in [-0.2, 0) is 0 Å². The zero-order valence-corrected chi connectivity index (χ0v) is 12.7. The van der Waals surface area contributed by atoms with Crippen LogP contribution in [0.3, 0.4) is 0 Å². The average Bonchev–Trinajstić information content (AvgIpc) is 2.88. The lowest BCUT2D eigenvalue weighted by molar-refractivity contribution is 0.0947. The summed E-state index contributed by atoms with van der Waals surface area (Å²) in [4.78, 5) is 14.4. The van der Waals surface area contributed by atoms with Crippen LogP contribution in [0.2, 0.25) is 5.02 Å². The Hall–Kier alpha value is -1.26. The molecule has 0 aromatic heterocycles. The number of halogens is 1. The molecule has 1 aromatic rings. The van der Waals surface area contributed by atoms with Crippen molar-refractivity contribution in [1.82, 2.24) is 10.2 Å². The highest BCUT2D eigenvalue weighted by atomic mass is 35.5. The van der Waals surface area contributed by atoms with Crippen LogP contribution in [-0.4, -0.2) is 41.6 Å². The molecular formula is C15H21ClN2O2. The molecule has 1 aliphatic rings. The van der Waals surface area contributed by atoms with Gasteiger partial charge in [-0.1, -0.05) is 11.6 Å². The number of likely N-dealkylation sites (tertiary alicyclic amines) is 1. The van der Waals surface area contributed by atoms with Gasteiger partial charge in [0.15, 0.2) is 0 Å². The maximum absolute atomic E-state index is 12.0. The summed E-state index contributed by atoms with van der Waals surface area (Å²) in [5, 5.41) is 12.5. The van der Waals surface area contributed by atoms with Gasteiger partial charge in [-0.2, -0.15) is 0 Å². The summed E-state index contributed by atoms with van der Waals surface area (Å²) in [6.45, 7) is 7.21. The van der Waals surface area contributed by atoms with E-state index >= 15 is 0 Å². The normalized spacial score (nSPS) is 19.5. The predicted molar refractivity (Wildman–Crippen MR) is 80.3 cm³/mol. The number of hydrogen-bond acceptors (Lipinski definition) is 3. The second kappa shape index (κ2) is 6.46. The van der Waals surface area contributed by atoms with E-state index in [0.29, 0.717) is 24.1 Å². The molecule has 1 saturated heterocycles. The molecule has 5 heteroatoms. The van der Waals surface area contributed by atoms with Gasteiger partial charge in [0.1, 0.15) is 5.75 Å². The van der Waals surface area contributed by atoms with Crippen molar-refractivity contribution < 1.29 is 9.90 Å². The number of nitrogens with zero attached hydrogens (tertiary/aromatic N) is 1. The molecule has 1 aliphatic heterocycles. The third kappa shape index (κ3) is 3.64. The Morgan fingerprint density at radius 2 is 2.30 bits per heavy atom. The number of phenols is 1. The van der Waals surface area contributed by atoms with E-state index in [-0.39, 0.29) is 16.7 Å². The molecule has 2 rings (SSSR count). The van der Waals surface area contributed by atoms with E-state index in [4.69, 9.17) is 11.6 Å². The molecule has 0 bridgehead atoms. The fraction of sp³-hybridized carbons (Fsp3) is 0.533. The van der Waals surface area contributed by atoms with Gasteiger partial charge in [-0.05, 0) is 50.9 Å². The van der Waals surface area contributed by atoms with E-state index in [1.165, 1.54) is 12.1 Å². The second-order valence-electron chi connectivity index (χ2n) is 5.62. The van der Waals surface area contributed by atoms with Gasteiger partial charge in [0, 0.05) is 24.7 Å². The number of rotatable bonds is 4. The molecule has 4 nitrogen and oxygen atoms in total. The van der Waals surface area contributed by atoms with Crippen molar-refractivity contribution >= 4 is 17.5 Å². The van der Waals surface area contributed by atoms with Gasteiger partial charge in [0.05, 0.1) is 5.02 Å². The van der Waals surface area contributed by atoms with Crippen molar-refractivity contribution in [2.24, 2.45) is 5.92 Å². The molecule has 0 radical (unpaired) electrons. The number of benzene rings is 1. The van der Waals surface area contributed by atoms with E-state index in [2.05, 4.69) is 24.1 Å². The van der Waals surface area contributed by atoms with Gasteiger partial charge >= 0.3 is 0 Å². The lowest BCUT2D eigenvalue weighted by Crippen LogP contribution is -2.32. The Balaban J connectivity index is 1.85. The van der Waals surface area contributed by atoms with Crippen LogP contribution < -0.4 is 5.32 Å². The summed E-state index contributed by atoms with van der Waals surface area (Å²) in [7, 11) is 0. The van der Waals surface area contributed by atoms with Crippen LogP contribution >= 0.6 is 11.6 Å². The van der Waals surface area contributed by atoms with Gasteiger partial charge in [-0.25, -0.2) is 0 Å². The van der Waals surface area contributed by atoms with Crippen molar-refractivity contribution in [1.29, 1.82) is 0 Å². The summed E-state index contributed by atoms with van der Waals surface area (Å²) in [6.07, 6.45) is 1.12. The van der Waals surface area contributed by atoms with E-state index in [1.54, 1.807) is 6.07 Å². The van der Waals surface area contributed by atoms with Crippen molar-refractivity contribution in [2.75, 3.05) is 19.6 Å². The molecule has 0 aliphatic carbocycles. The maximum Gasteiger partial charge on any atom is 0.251 e. The van der Waals surface area contributed by atoms with Gasteiger partial charge in [0.25, 0.3) is 5.91 Å². The molecule has 0 spiro atoms. The van der Waals surface area contributed by atoms with Crippen LogP contribution in [0.15, 0.2) is 18.2 Å². The third-order valence-corrected chi connectivity index (χ3v) is 4.11. The second-order valence-corrected chi connectivity index (χ2v) is 6.03. The Kier molecular flexibility index (Phi) is 4.89. The summed E-state index contributed by atoms with van der Waals surface area (Å²) in [6, 6.07) is 5.06. The predicted octanol–water partition coefficient (Wildman–Crippen LogP) is 2.51. The number of aromatic hydroxyl groups is 1. The molecule has 1 heterocycles. The lowest BCUT2D eigenvalue weighted by atomic mass is 10.1. The van der Waals surface area contributed by atoms with Gasteiger partial charge in [-0.15, -0.1) is 0 Å². The maximum atomic E-state index is 12.0. The SMILES string of the molecule is CC(C)N1CCC(CNC(=O)c2ccc(O)c(Cl)c2)C1. The lowest BCUT2D eigenvalue weighted by Gasteiger charge is -2.20. The van der Waals surface area contributed by atoms with Gasteiger partial charge < -0.3 is 15.3 Å². The van der Waals surface area contributed by atoms with Crippen molar-refractivity contribution in [3.8, 4) is 5.75 Å². The quantitative estimate of drug-likeness (QED) is 0.897. The molecule has 110 valence electrons. The van der Waals surface area contributed by atoms with Gasteiger partial charge in [-0.3, -0.25) is 4.79 Å². The van der Waals surface area contributed by atoms with E-state index in [9.17, 15) is 9.90 Å². The van der Waals surface area contributed by atoms with Crippen molar-refractivity contribution in [3.05, 3.63) is 28.8 Å². The van der Waals surface area contributed by atoms with Crippen molar-refractivity contribution in [3.63, 3.8) is 0 Å².